The molecule has 0 aliphatic carbocycles. The Morgan fingerprint density at radius 1 is 1.14 bits per heavy atom. The number of pyridine rings is 1. The first-order valence-corrected chi connectivity index (χ1v) is 8.72. The highest BCUT2D eigenvalue weighted by Gasteiger charge is 2.24. The van der Waals surface area contributed by atoms with Gasteiger partial charge >= 0.3 is 5.97 Å². The summed E-state index contributed by atoms with van der Waals surface area (Å²) in [5.41, 5.74) is 3.46. The molecule has 7 heteroatoms. The molecule has 0 aliphatic rings. The van der Waals surface area contributed by atoms with Gasteiger partial charge in [-0.25, -0.2) is 9.78 Å². The quantitative estimate of drug-likeness (QED) is 0.545. The lowest BCUT2D eigenvalue weighted by molar-refractivity contribution is -0.136. The number of methoxy groups -OCH3 is 1. The number of aryl methyl sites for hydroxylation is 1. The Kier molecular flexibility index (Phi) is 5.44. The smallest absolute Gasteiger partial charge is 0.356 e. The van der Waals surface area contributed by atoms with Crippen molar-refractivity contribution in [2.45, 2.75) is 6.92 Å². The third kappa shape index (κ3) is 3.73. The minimum Gasteiger partial charge on any atom is -0.464 e. The molecule has 1 N–H and O–H groups in total. The normalized spacial score (nSPS) is 11.7. The van der Waals surface area contributed by atoms with E-state index in [0.29, 0.717) is 17.0 Å². The van der Waals surface area contributed by atoms with E-state index in [9.17, 15) is 9.59 Å². The molecule has 0 saturated heterocycles. The Morgan fingerprint density at radius 3 is 2.50 bits per heavy atom. The highest BCUT2D eigenvalue weighted by Crippen LogP contribution is 2.23. The Balaban J connectivity index is 2.15. The van der Waals surface area contributed by atoms with E-state index in [0.717, 1.165) is 11.2 Å². The van der Waals surface area contributed by atoms with E-state index in [2.05, 4.69) is 10.3 Å². The number of nitrogens with one attached hydrogen (secondary N) is 1. The first kappa shape index (κ1) is 19.2. The highest BCUT2D eigenvalue weighted by molar-refractivity contribution is 6.04. The molecule has 144 valence electrons. The second kappa shape index (κ2) is 7.96. The predicted octanol–water partition coefficient (Wildman–Crippen LogP) is 2.48. The largest absolute Gasteiger partial charge is 0.464 e. The van der Waals surface area contributed by atoms with Gasteiger partial charge in [0.25, 0.3) is 5.91 Å². The summed E-state index contributed by atoms with van der Waals surface area (Å²) in [5, 5.41) is 2.71. The average molecular weight is 378 g/mol. The molecule has 0 atom stereocenters. The lowest BCUT2D eigenvalue weighted by Crippen LogP contribution is -2.32. The third-order valence-corrected chi connectivity index (χ3v) is 4.26. The molecule has 2 aromatic heterocycles. The van der Waals surface area contributed by atoms with Gasteiger partial charge in [-0.05, 0) is 36.8 Å². The van der Waals surface area contributed by atoms with Gasteiger partial charge < -0.3 is 15.0 Å². The van der Waals surface area contributed by atoms with Gasteiger partial charge in [0.05, 0.1) is 24.7 Å². The van der Waals surface area contributed by atoms with Crippen molar-refractivity contribution in [3.8, 4) is 0 Å². The summed E-state index contributed by atoms with van der Waals surface area (Å²) in [5.74, 6) is -1.04. The van der Waals surface area contributed by atoms with Gasteiger partial charge in [0.2, 0.25) is 0 Å². The topological polar surface area (TPSA) is 75.9 Å². The Bertz CT molecular complexity index is 1050. The Morgan fingerprint density at radius 2 is 1.86 bits per heavy atom. The predicted molar refractivity (Wildman–Crippen MR) is 106 cm³/mol. The molecule has 0 aliphatic heterocycles. The van der Waals surface area contributed by atoms with Crippen LogP contribution in [0.1, 0.15) is 21.6 Å². The molecule has 0 radical (unpaired) electrons. The average Bonchev–Trinajstić information content (AvgIpc) is 3.09. The first-order chi connectivity index (χ1) is 13.4. The van der Waals surface area contributed by atoms with Crippen molar-refractivity contribution in [3.05, 3.63) is 77.4 Å². The number of ether oxygens (including phenoxy) is 1. The van der Waals surface area contributed by atoms with Crippen LogP contribution in [0.3, 0.4) is 0 Å². The number of carbonyl (C=O) groups excluding carboxylic acids is 2. The first-order valence-electron chi connectivity index (χ1n) is 8.72. The minimum atomic E-state index is -0.643. The maximum absolute atomic E-state index is 12.7. The number of aromatic nitrogens is 2. The monoisotopic (exact) mass is 378 g/mol. The zero-order valence-corrected chi connectivity index (χ0v) is 16.3. The van der Waals surface area contributed by atoms with Crippen LogP contribution in [0.4, 0.5) is 0 Å². The molecule has 2 heterocycles. The molecule has 3 rings (SSSR count). The van der Waals surface area contributed by atoms with Gasteiger partial charge in [-0.15, -0.1) is 0 Å². The molecule has 28 heavy (non-hydrogen) atoms. The van der Waals surface area contributed by atoms with Crippen LogP contribution in [-0.4, -0.2) is 47.4 Å². The lowest BCUT2D eigenvalue weighted by Gasteiger charge is -2.21. The number of hydrogen-bond acceptors (Lipinski definition) is 5. The van der Waals surface area contributed by atoms with E-state index in [1.54, 1.807) is 49.5 Å². The summed E-state index contributed by atoms with van der Waals surface area (Å²) in [6.07, 6.45) is 3.55. The van der Waals surface area contributed by atoms with Crippen molar-refractivity contribution in [2.75, 3.05) is 21.2 Å². The van der Waals surface area contributed by atoms with E-state index in [1.165, 1.54) is 7.11 Å². The molecule has 0 bridgehead atoms. The van der Waals surface area contributed by atoms with Crippen molar-refractivity contribution in [1.82, 2.24) is 19.6 Å². The summed E-state index contributed by atoms with van der Waals surface area (Å²) < 4.78 is 6.80. The summed E-state index contributed by atoms with van der Waals surface area (Å²) >= 11 is 0. The summed E-state index contributed by atoms with van der Waals surface area (Å²) in [7, 11) is 4.86. The van der Waals surface area contributed by atoms with Crippen molar-refractivity contribution in [1.29, 1.82) is 0 Å². The third-order valence-electron chi connectivity index (χ3n) is 4.26. The molecule has 1 amide bonds. The van der Waals surface area contributed by atoms with Crippen LogP contribution in [0.15, 0.2) is 60.6 Å². The Labute approximate surface area is 163 Å². The molecular formula is C21H22N4O3. The lowest BCUT2D eigenvalue weighted by atomic mass is 10.2. The van der Waals surface area contributed by atoms with Gasteiger partial charge in [-0.2, -0.15) is 0 Å². The fraction of sp³-hybridized carbons (Fsp3) is 0.190. The summed E-state index contributed by atoms with van der Waals surface area (Å²) in [4.78, 5) is 31.4. The van der Waals surface area contributed by atoms with Gasteiger partial charge in [0, 0.05) is 25.9 Å². The fourth-order valence-corrected chi connectivity index (χ4v) is 2.92. The van der Waals surface area contributed by atoms with E-state index in [1.807, 2.05) is 35.7 Å². The number of hydrogen-bond donors (Lipinski definition) is 1. The maximum Gasteiger partial charge on any atom is 0.356 e. The van der Waals surface area contributed by atoms with Gasteiger partial charge in [0.15, 0.2) is 5.70 Å². The molecule has 0 spiro atoms. The number of imidazole rings is 1. The van der Waals surface area contributed by atoms with Crippen LogP contribution in [0.5, 0.6) is 0 Å². The molecule has 0 saturated carbocycles. The van der Waals surface area contributed by atoms with E-state index in [4.69, 9.17) is 4.74 Å². The van der Waals surface area contributed by atoms with E-state index in [-0.39, 0.29) is 5.70 Å². The van der Waals surface area contributed by atoms with Crippen LogP contribution in [0.25, 0.3) is 11.3 Å². The fourth-order valence-electron chi connectivity index (χ4n) is 2.92. The number of nitrogens with zero attached hydrogens (tertiary/aromatic N) is 3. The van der Waals surface area contributed by atoms with Crippen LogP contribution in [0.2, 0.25) is 0 Å². The Hall–Kier alpha value is -3.61. The second-order valence-electron chi connectivity index (χ2n) is 6.51. The minimum absolute atomic E-state index is 0.0451. The number of benzene rings is 1. The molecule has 0 fully saturated rings. The summed E-state index contributed by atoms with van der Waals surface area (Å²) in [6, 6.07) is 12.6. The van der Waals surface area contributed by atoms with Gasteiger partial charge in [-0.1, -0.05) is 18.2 Å². The van der Waals surface area contributed by atoms with E-state index >= 15 is 0 Å². The zero-order valence-electron chi connectivity index (χ0n) is 16.3. The van der Waals surface area contributed by atoms with Crippen molar-refractivity contribution in [3.63, 3.8) is 0 Å². The molecule has 7 nitrogen and oxygen atoms in total. The number of carbonyl (C=O) groups is 2. The maximum atomic E-state index is 12.7. The molecule has 0 unspecified atom stereocenters. The van der Waals surface area contributed by atoms with Gasteiger partial charge in [-0.3, -0.25) is 9.20 Å². The highest BCUT2D eigenvalue weighted by atomic mass is 16.5. The van der Waals surface area contributed by atoms with Crippen LogP contribution in [0, 0.1) is 6.92 Å². The van der Waals surface area contributed by atoms with Crippen LogP contribution >= 0.6 is 0 Å². The van der Waals surface area contributed by atoms with Crippen LogP contribution < -0.4 is 5.32 Å². The van der Waals surface area contributed by atoms with Gasteiger partial charge in [0.1, 0.15) is 5.65 Å². The molecule has 3 aromatic rings. The number of fused-ring (bicyclic) bond motifs is 1. The number of esters is 1. The van der Waals surface area contributed by atoms with Crippen molar-refractivity contribution >= 4 is 23.2 Å². The summed E-state index contributed by atoms with van der Waals surface area (Å²) in [6.45, 7) is 1.98. The zero-order chi connectivity index (χ0) is 20.3. The SMILES string of the molecule is COC(=O)/C(NC(=O)c1ccccc1)=C(\c1cnc2cc(C)ccn12)N(C)C. The molecule has 1 aromatic carbocycles. The van der Waals surface area contributed by atoms with E-state index < -0.39 is 11.9 Å². The standard InChI is InChI=1S/C21H22N4O3/c1-14-10-11-25-16(13-22-17(25)12-14)19(24(2)3)18(21(27)28-4)23-20(26)15-8-6-5-7-9-15/h5-13H,1-4H3,(H,23,26)/b19-18-. The van der Waals surface area contributed by atoms with Crippen molar-refractivity contribution in [2.24, 2.45) is 0 Å². The molecular weight excluding hydrogens is 356 g/mol. The number of amides is 1. The second-order valence-corrected chi connectivity index (χ2v) is 6.51. The van der Waals surface area contributed by atoms with Crippen molar-refractivity contribution < 1.29 is 14.3 Å². The van der Waals surface area contributed by atoms with Crippen LogP contribution in [-0.2, 0) is 9.53 Å². The number of rotatable bonds is 5.